The first-order valence-corrected chi connectivity index (χ1v) is 7.37. The molecule has 0 heterocycles. The average Bonchev–Trinajstić information content (AvgIpc) is 2.48. The predicted molar refractivity (Wildman–Crippen MR) is 89.6 cm³/mol. The highest BCUT2D eigenvalue weighted by atomic mass is 35.5. The molecule has 1 unspecified atom stereocenters. The van der Waals surface area contributed by atoms with E-state index in [9.17, 15) is 0 Å². The quantitative estimate of drug-likeness (QED) is 0.855. The van der Waals surface area contributed by atoms with Crippen LogP contribution >= 0.6 is 23.2 Å². The maximum Gasteiger partial charge on any atom is 0.137 e. The van der Waals surface area contributed by atoms with Crippen LogP contribution in [0.15, 0.2) is 36.4 Å². The minimum absolute atomic E-state index is 0.0489. The summed E-state index contributed by atoms with van der Waals surface area (Å²) in [4.78, 5) is 0. The second-order valence-electron chi connectivity index (χ2n) is 4.79. The van der Waals surface area contributed by atoms with Gasteiger partial charge in [-0.15, -0.1) is 0 Å². The fourth-order valence-corrected chi connectivity index (χ4v) is 2.51. The SMILES string of the molecule is COc1ccc(C(CN)Nc2ccc(C)c(Cl)c2)cc1Cl. The van der Waals surface area contributed by atoms with E-state index in [4.69, 9.17) is 33.7 Å². The number of hydrogen-bond donors (Lipinski definition) is 2. The molecule has 0 amide bonds. The third-order valence-corrected chi connectivity index (χ3v) is 4.03. The number of nitrogens with two attached hydrogens (primary N) is 1. The van der Waals surface area contributed by atoms with Crippen LogP contribution in [0.25, 0.3) is 0 Å². The van der Waals surface area contributed by atoms with Crippen LogP contribution < -0.4 is 15.8 Å². The van der Waals surface area contributed by atoms with Gasteiger partial charge in [0, 0.05) is 17.3 Å². The first-order chi connectivity index (χ1) is 10.0. The number of hydrogen-bond acceptors (Lipinski definition) is 3. The zero-order valence-electron chi connectivity index (χ0n) is 12.0. The van der Waals surface area contributed by atoms with Gasteiger partial charge >= 0.3 is 0 Å². The van der Waals surface area contributed by atoms with Crippen LogP contribution in [0.1, 0.15) is 17.2 Å². The van der Waals surface area contributed by atoms with Gasteiger partial charge in [0.1, 0.15) is 5.75 Å². The first-order valence-electron chi connectivity index (χ1n) is 6.61. The average molecular weight is 325 g/mol. The standard InChI is InChI=1S/C16H18Cl2N2O/c1-10-3-5-12(8-13(10)17)20-15(9-19)11-4-6-16(21-2)14(18)7-11/h3-8,15,20H,9,19H2,1-2H3. The van der Waals surface area contributed by atoms with E-state index in [-0.39, 0.29) is 6.04 Å². The van der Waals surface area contributed by atoms with E-state index in [0.29, 0.717) is 17.3 Å². The van der Waals surface area contributed by atoms with Crippen LogP contribution in [-0.2, 0) is 0 Å². The molecular weight excluding hydrogens is 307 g/mol. The largest absolute Gasteiger partial charge is 0.495 e. The molecule has 0 saturated carbocycles. The number of rotatable bonds is 5. The molecule has 0 saturated heterocycles. The summed E-state index contributed by atoms with van der Waals surface area (Å²) < 4.78 is 5.16. The van der Waals surface area contributed by atoms with Crippen LogP contribution in [0.5, 0.6) is 5.75 Å². The highest BCUT2D eigenvalue weighted by Gasteiger charge is 2.12. The topological polar surface area (TPSA) is 47.3 Å². The van der Waals surface area contributed by atoms with Gasteiger partial charge in [-0.05, 0) is 42.3 Å². The van der Waals surface area contributed by atoms with Gasteiger partial charge in [0.25, 0.3) is 0 Å². The van der Waals surface area contributed by atoms with Crippen molar-refractivity contribution in [1.82, 2.24) is 0 Å². The Hall–Kier alpha value is -1.42. The van der Waals surface area contributed by atoms with Gasteiger partial charge in [-0.1, -0.05) is 35.3 Å². The maximum absolute atomic E-state index is 6.16. The molecule has 112 valence electrons. The van der Waals surface area contributed by atoms with Gasteiger partial charge in [-0.25, -0.2) is 0 Å². The Morgan fingerprint density at radius 1 is 1.14 bits per heavy atom. The van der Waals surface area contributed by atoms with Crippen LogP contribution in [0, 0.1) is 6.92 Å². The van der Waals surface area contributed by atoms with Gasteiger partial charge in [0.2, 0.25) is 0 Å². The maximum atomic E-state index is 6.16. The Bertz CT molecular complexity index is 632. The minimum Gasteiger partial charge on any atom is -0.495 e. The third-order valence-electron chi connectivity index (χ3n) is 3.33. The molecular formula is C16H18Cl2N2O. The normalized spacial score (nSPS) is 12.0. The Morgan fingerprint density at radius 2 is 1.90 bits per heavy atom. The molecule has 2 aromatic rings. The summed E-state index contributed by atoms with van der Waals surface area (Å²) in [5.74, 6) is 0.648. The zero-order chi connectivity index (χ0) is 15.4. The number of anilines is 1. The monoisotopic (exact) mass is 324 g/mol. The van der Waals surface area contributed by atoms with Gasteiger partial charge in [0.05, 0.1) is 18.2 Å². The van der Waals surface area contributed by atoms with Crippen molar-refractivity contribution < 1.29 is 4.74 Å². The lowest BCUT2D eigenvalue weighted by molar-refractivity contribution is 0.415. The Labute approximate surface area is 135 Å². The summed E-state index contributed by atoms with van der Waals surface area (Å²) in [5, 5.41) is 4.66. The van der Waals surface area contributed by atoms with Gasteiger partial charge < -0.3 is 15.8 Å². The van der Waals surface area contributed by atoms with Crippen molar-refractivity contribution in [1.29, 1.82) is 0 Å². The molecule has 3 nitrogen and oxygen atoms in total. The van der Waals surface area contributed by atoms with Crippen LogP contribution in [-0.4, -0.2) is 13.7 Å². The number of halogens is 2. The molecule has 5 heteroatoms. The molecule has 3 N–H and O–H groups in total. The number of ether oxygens (including phenoxy) is 1. The van der Waals surface area contributed by atoms with Crippen LogP contribution in [0.2, 0.25) is 10.0 Å². The fourth-order valence-electron chi connectivity index (χ4n) is 2.06. The second-order valence-corrected chi connectivity index (χ2v) is 5.60. The van der Waals surface area contributed by atoms with Gasteiger partial charge in [-0.2, -0.15) is 0 Å². The Kier molecular flexibility index (Phi) is 5.34. The van der Waals surface area contributed by atoms with E-state index in [1.807, 2.05) is 43.3 Å². The summed E-state index contributed by atoms with van der Waals surface area (Å²) in [5.41, 5.74) is 8.84. The molecule has 21 heavy (non-hydrogen) atoms. The number of nitrogens with one attached hydrogen (secondary N) is 1. The lowest BCUT2D eigenvalue weighted by Gasteiger charge is -2.20. The Balaban J connectivity index is 2.23. The molecule has 2 rings (SSSR count). The molecule has 0 aliphatic heterocycles. The van der Waals surface area contributed by atoms with E-state index < -0.39 is 0 Å². The van der Waals surface area contributed by atoms with Crippen LogP contribution in [0.4, 0.5) is 5.69 Å². The molecule has 0 aliphatic rings. The highest BCUT2D eigenvalue weighted by molar-refractivity contribution is 6.32. The molecule has 0 aromatic heterocycles. The summed E-state index contributed by atoms with van der Waals surface area (Å²) in [6, 6.07) is 11.4. The molecule has 0 bridgehead atoms. The molecule has 2 aromatic carbocycles. The van der Waals surface area contributed by atoms with Crippen molar-refractivity contribution in [2.24, 2.45) is 5.73 Å². The summed E-state index contributed by atoms with van der Waals surface area (Å²) >= 11 is 12.3. The zero-order valence-corrected chi connectivity index (χ0v) is 13.5. The summed E-state index contributed by atoms with van der Waals surface area (Å²) in [6.07, 6.45) is 0. The summed E-state index contributed by atoms with van der Waals surface area (Å²) in [7, 11) is 1.59. The fraction of sp³-hybridized carbons (Fsp3) is 0.250. The van der Waals surface area contributed by atoms with Crippen molar-refractivity contribution in [2.75, 3.05) is 19.0 Å². The molecule has 1 atom stereocenters. The second kappa shape index (κ2) is 7.03. The molecule has 0 spiro atoms. The van der Waals surface area contributed by atoms with Crippen molar-refractivity contribution in [2.45, 2.75) is 13.0 Å². The lowest BCUT2D eigenvalue weighted by atomic mass is 10.1. The molecule has 0 fully saturated rings. The lowest BCUT2D eigenvalue weighted by Crippen LogP contribution is -2.20. The smallest absolute Gasteiger partial charge is 0.137 e. The van der Waals surface area contributed by atoms with E-state index >= 15 is 0 Å². The third kappa shape index (κ3) is 3.82. The number of methoxy groups -OCH3 is 1. The van der Waals surface area contributed by atoms with Crippen molar-refractivity contribution in [3.63, 3.8) is 0 Å². The summed E-state index contributed by atoms with van der Waals surface area (Å²) in [6.45, 7) is 2.41. The Morgan fingerprint density at radius 3 is 2.48 bits per heavy atom. The van der Waals surface area contributed by atoms with Crippen molar-refractivity contribution in [3.05, 3.63) is 57.6 Å². The van der Waals surface area contributed by atoms with Gasteiger partial charge in [0.15, 0.2) is 0 Å². The number of benzene rings is 2. The van der Waals surface area contributed by atoms with E-state index in [1.54, 1.807) is 7.11 Å². The predicted octanol–water partition coefficient (Wildman–Crippen LogP) is 4.42. The van der Waals surface area contributed by atoms with Crippen molar-refractivity contribution in [3.8, 4) is 5.75 Å². The van der Waals surface area contributed by atoms with E-state index in [2.05, 4.69) is 5.32 Å². The van der Waals surface area contributed by atoms with Gasteiger partial charge in [-0.3, -0.25) is 0 Å². The van der Waals surface area contributed by atoms with Crippen LogP contribution in [0.3, 0.4) is 0 Å². The number of aryl methyl sites for hydroxylation is 1. The van der Waals surface area contributed by atoms with E-state index in [0.717, 1.165) is 21.8 Å². The highest BCUT2D eigenvalue weighted by Crippen LogP contribution is 2.29. The minimum atomic E-state index is -0.0489. The molecule has 0 aliphatic carbocycles. The molecule has 0 radical (unpaired) electrons. The van der Waals surface area contributed by atoms with E-state index in [1.165, 1.54) is 0 Å². The first kappa shape index (κ1) is 16.0. The van der Waals surface area contributed by atoms with Crippen molar-refractivity contribution >= 4 is 28.9 Å².